The summed E-state index contributed by atoms with van der Waals surface area (Å²) in [4.78, 5) is 44.2. The molecule has 0 spiro atoms. The van der Waals surface area contributed by atoms with Crippen molar-refractivity contribution in [2.24, 2.45) is 4.99 Å². The lowest BCUT2D eigenvalue weighted by atomic mass is 10.1. The normalized spacial score (nSPS) is 17.6. The first-order chi connectivity index (χ1) is 14.4. The Kier molecular flexibility index (Phi) is 4.76. The first-order valence-electron chi connectivity index (χ1n) is 9.48. The van der Waals surface area contributed by atoms with Gasteiger partial charge < -0.3 is 9.47 Å². The van der Waals surface area contributed by atoms with E-state index in [-0.39, 0.29) is 0 Å². The number of likely N-dealkylation sites (N-methyl/N-ethyl adjacent to an activating group) is 1. The number of carbonyl (C=O) groups excluding carboxylic acids is 3. The van der Waals surface area contributed by atoms with Gasteiger partial charge in [0.2, 0.25) is 11.9 Å². The van der Waals surface area contributed by atoms with Crippen LogP contribution in [0.1, 0.15) is 18.7 Å². The Bertz CT molecular complexity index is 1070. The molecule has 0 N–H and O–H groups in total. The zero-order valence-corrected chi connectivity index (χ0v) is 17.2. The van der Waals surface area contributed by atoms with Crippen LogP contribution in [-0.2, 0) is 14.3 Å². The first-order valence-corrected chi connectivity index (χ1v) is 9.48. The van der Waals surface area contributed by atoms with Crippen LogP contribution in [0.15, 0.2) is 35.5 Å². The maximum Gasteiger partial charge on any atom is 0.406 e. The highest BCUT2D eigenvalue weighted by atomic mass is 16.5. The van der Waals surface area contributed by atoms with Crippen molar-refractivity contribution in [1.82, 2.24) is 14.4 Å². The molecule has 3 amide bonds. The standard InChI is InChI=1S/C20H22N5O5/c1-5-30-14-8-6-13(7-9-14)25-12(2)10-23-16-17(21-19(23)25)22(3)20(28)24(18(16)27)11-15(26)29-4/h6-10,16H,5,11H2,1-4H3/q+1. The van der Waals surface area contributed by atoms with Gasteiger partial charge in [-0.3, -0.25) is 14.5 Å². The summed E-state index contributed by atoms with van der Waals surface area (Å²) in [5.74, 6) is 0.409. The van der Waals surface area contributed by atoms with Crippen molar-refractivity contribution < 1.29 is 28.4 Å². The average molecular weight is 412 g/mol. The number of imide groups is 1. The number of amides is 3. The largest absolute Gasteiger partial charge is 0.494 e. The van der Waals surface area contributed by atoms with E-state index in [1.807, 2.05) is 48.9 Å². The van der Waals surface area contributed by atoms with Crippen molar-refractivity contribution in [3.63, 3.8) is 0 Å². The van der Waals surface area contributed by atoms with Crippen molar-refractivity contribution in [3.8, 4) is 11.4 Å². The van der Waals surface area contributed by atoms with Crippen LogP contribution in [0.5, 0.6) is 5.75 Å². The second-order valence-electron chi connectivity index (χ2n) is 6.95. The zero-order chi connectivity index (χ0) is 21.6. The van der Waals surface area contributed by atoms with Crippen LogP contribution in [0.3, 0.4) is 0 Å². The van der Waals surface area contributed by atoms with E-state index in [9.17, 15) is 14.4 Å². The van der Waals surface area contributed by atoms with Crippen molar-refractivity contribution in [1.29, 1.82) is 0 Å². The summed E-state index contributed by atoms with van der Waals surface area (Å²) in [5.41, 5.74) is 1.71. The molecule has 10 nitrogen and oxygen atoms in total. The minimum atomic E-state index is -0.824. The first kappa shape index (κ1) is 19.6. The van der Waals surface area contributed by atoms with Gasteiger partial charge in [0.15, 0.2) is 0 Å². The van der Waals surface area contributed by atoms with E-state index in [2.05, 4.69) is 9.73 Å². The zero-order valence-electron chi connectivity index (χ0n) is 17.2. The quantitative estimate of drug-likeness (QED) is 0.542. The van der Waals surface area contributed by atoms with Gasteiger partial charge in [0.1, 0.15) is 29.9 Å². The lowest BCUT2D eigenvalue weighted by molar-refractivity contribution is -0.676. The van der Waals surface area contributed by atoms with Crippen molar-refractivity contribution in [2.75, 3.05) is 27.3 Å². The molecule has 0 radical (unpaired) electrons. The summed E-state index contributed by atoms with van der Waals surface area (Å²) < 4.78 is 13.7. The molecule has 2 aliphatic rings. The van der Waals surface area contributed by atoms with E-state index in [1.165, 1.54) is 19.1 Å². The number of esters is 1. The third kappa shape index (κ3) is 2.92. The number of aliphatic imine (C=N–C) groups is 1. The van der Waals surface area contributed by atoms with E-state index >= 15 is 0 Å². The maximum atomic E-state index is 13.1. The van der Waals surface area contributed by atoms with E-state index in [4.69, 9.17) is 4.74 Å². The summed E-state index contributed by atoms with van der Waals surface area (Å²) in [6, 6.07) is 6.10. The van der Waals surface area contributed by atoms with Gasteiger partial charge in [-0.1, -0.05) is 4.99 Å². The van der Waals surface area contributed by atoms with E-state index < -0.39 is 30.5 Å². The number of ether oxygens (including phenoxy) is 2. The maximum absolute atomic E-state index is 13.1. The van der Waals surface area contributed by atoms with E-state index in [0.717, 1.165) is 22.0 Å². The van der Waals surface area contributed by atoms with Gasteiger partial charge in [-0.2, -0.15) is 4.57 Å². The van der Waals surface area contributed by atoms with E-state index in [0.29, 0.717) is 18.4 Å². The monoisotopic (exact) mass is 412 g/mol. The number of nitrogens with zero attached hydrogens (tertiary/aromatic N) is 5. The van der Waals surface area contributed by atoms with Crippen molar-refractivity contribution >= 4 is 29.7 Å². The van der Waals surface area contributed by atoms with Gasteiger partial charge in [-0.05, 0) is 38.1 Å². The highest BCUT2D eigenvalue weighted by Gasteiger charge is 2.53. The number of hydrogen-bond donors (Lipinski definition) is 0. The number of fused-ring (bicyclic) bond motifs is 3. The number of aromatic nitrogens is 2. The number of carbonyl (C=O) groups is 3. The molecule has 1 aromatic carbocycles. The molecule has 0 aliphatic carbocycles. The van der Waals surface area contributed by atoms with Crippen LogP contribution in [-0.4, -0.2) is 65.4 Å². The fourth-order valence-corrected chi connectivity index (χ4v) is 3.70. The molecule has 156 valence electrons. The van der Waals surface area contributed by atoms with Crippen molar-refractivity contribution in [3.05, 3.63) is 36.2 Å². The van der Waals surface area contributed by atoms with Crippen LogP contribution in [0.25, 0.3) is 5.69 Å². The fourth-order valence-electron chi connectivity index (χ4n) is 3.70. The number of amidine groups is 1. The molecular formula is C20H22N5O5+. The SMILES string of the molecule is CCOc1ccc(-n2c(C)c[n+]3c2N=C2C3C(=O)N(CC(=O)OC)C(=O)N2C)cc1. The van der Waals surface area contributed by atoms with Gasteiger partial charge in [0, 0.05) is 7.05 Å². The fraction of sp³-hybridized carbons (Fsp3) is 0.350. The number of aryl methyl sites for hydroxylation is 1. The molecule has 0 saturated carbocycles. The second-order valence-corrected chi connectivity index (χ2v) is 6.95. The lowest BCUT2D eigenvalue weighted by Gasteiger charge is -2.32. The third-order valence-electron chi connectivity index (χ3n) is 5.13. The Hall–Kier alpha value is -3.69. The molecule has 1 saturated heterocycles. The predicted octanol–water partition coefficient (Wildman–Crippen LogP) is 1.12. The molecule has 4 rings (SSSR count). The number of benzene rings is 1. The highest BCUT2D eigenvalue weighted by Crippen LogP contribution is 2.31. The van der Waals surface area contributed by atoms with Crippen LogP contribution in [0.4, 0.5) is 10.7 Å². The summed E-state index contributed by atoms with van der Waals surface area (Å²) in [7, 11) is 2.74. The Morgan fingerprint density at radius 3 is 2.57 bits per heavy atom. The Balaban J connectivity index is 1.75. The van der Waals surface area contributed by atoms with Crippen LogP contribution in [0, 0.1) is 6.92 Å². The molecule has 1 atom stereocenters. The van der Waals surface area contributed by atoms with Crippen LogP contribution >= 0.6 is 0 Å². The van der Waals surface area contributed by atoms with Crippen LogP contribution in [0.2, 0.25) is 0 Å². The van der Waals surface area contributed by atoms with Gasteiger partial charge >= 0.3 is 17.9 Å². The number of imidazole rings is 1. The van der Waals surface area contributed by atoms with E-state index in [1.54, 1.807) is 4.57 Å². The second kappa shape index (κ2) is 7.29. The van der Waals surface area contributed by atoms with Crippen LogP contribution < -0.4 is 9.30 Å². The van der Waals surface area contributed by atoms with Gasteiger partial charge in [-0.25, -0.2) is 14.3 Å². The summed E-state index contributed by atoms with van der Waals surface area (Å²) in [6.07, 6.45) is 1.81. The van der Waals surface area contributed by atoms with Gasteiger partial charge in [0.25, 0.3) is 5.91 Å². The minimum Gasteiger partial charge on any atom is -0.494 e. The molecule has 3 heterocycles. The summed E-state index contributed by atoms with van der Waals surface area (Å²) in [5, 5.41) is 0. The number of hydrogen-bond acceptors (Lipinski definition) is 6. The smallest absolute Gasteiger partial charge is 0.406 e. The number of urea groups is 1. The molecular weight excluding hydrogens is 390 g/mol. The number of methoxy groups -OCH3 is 1. The Morgan fingerprint density at radius 2 is 1.93 bits per heavy atom. The topological polar surface area (TPSA) is 97.3 Å². The molecule has 2 aliphatic heterocycles. The predicted molar refractivity (Wildman–Crippen MR) is 105 cm³/mol. The Morgan fingerprint density at radius 1 is 1.23 bits per heavy atom. The Labute approximate surface area is 172 Å². The molecule has 1 fully saturated rings. The molecule has 2 aromatic rings. The number of rotatable bonds is 5. The average Bonchev–Trinajstić information content (AvgIpc) is 3.25. The molecule has 10 heteroatoms. The van der Waals surface area contributed by atoms with Gasteiger partial charge in [0.05, 0.1) is 13.7 Å². The summed E-state index contributed by atoms with van der Waals surface area (Å²) >= 11 is 0. The third-order valence-corrected chi connectivity index (χ3v) is 5.13. The highest BCUT2D eigenvalue weighted by molar-refractivity contribution is 6.19. The molecule has 30 heavy (non-hydrogen) atoms. The summed E-state index contributed by atoms with van der Waals surface area (Å²) in [6.45, 7) is 3.96. The minimum absolute atomic E-state index is 0.320. The lowest BCUT2D eigenvalue weighted by Crippen LogP contribution is -2.63. The van der Waals surface area contributed by atoms with Gasteiger partial charge in [-0.15, -0.1) is 0 Å². The molecule has 1 unspecified atom stereocenters. The van der Waals surface area contributed by atoms with Crippen molar-refractivity contribution in [2.45, 2.75) is 19.9 Å². The molecule has 1 aromatic heterocycles. The molecule has 0 bridgehead atoms.